The largest absolute Gasteiger partial charge is 0.507 e. The normalized spacial score (nSPS) is 10.6. The van der Waals surface area contributed by atoms with E-state index in [1.54, 1.807) is 7.05 Å². The standard InChI is InChI=1S/C14H19FN2O3/c1-3-6-16-14(20)9-17(2)8-13(19)11-7-10(15)4-5-12(11)18/h4-5,7,18H,3,6,8-9H2,1-2H3,(H,16,20). The molecule has 0 aliphatic carbocycles. The summed E-state index contributed by atoms with van der Waals surface area (Å²) in [5.41, 5.74) is -0.0779. The molecular formula is C14H19FN2O3. The third-order valence-corrected chi connectivity index (χ3v) is 2.66. The molecule has 0 radical (unpaired) electrons. The Labute approximate surface area is 117 Å². The molecule has 0 aliphatic heterocycles. The van der Waals surface area contributed by atoms with Crippen molar-refractivity contribution in [2.45, 2.75) is 13.3 Å². The molecule has 0 fully saturated rings. The number of rotatable bonds is 7. The second-order valence-corrected chi connectivity index (χ2v) is 4.61. The molecule has 20 heavy (non-hydrogen) atoms. The number of carbonyl (C=O) groups excluding carboxylic acids is 2. The summed E-state index contributed by atoms with van der Waals surface area (Å²) in [5, 5.41) is 12.2. The number of hydrogen-bond donors (Lipinski definition) is 2. The molecule has 5 nitrogen and oxygen atoms in total. The van der Waals surface area contributed by atoms with Gasteiger partial charge in [-0.25, -0.2) is 4.39 Å². The van der Waals surface area contributed by atoms with Gasteiger partial charge in [-0.1, -0.05) is 6.92 Å². The first kappa shape index (κ1) is 16.1. The van der Waals surface area contributed by atoms with Gasteiger partial charge in [-0.3, -0.25) is 14.5 Å². The molecule has 0 heterocycles. The SMILES string of the molecule is CCCNC(=O)CN(C)CC(=O)c1cc(F)ccc1O. The molecule has 1 rings (SSSR count). The average molecular weight is 282 g/mol. The minimum absolute atomic E-state index is 0.0712. The van der Waals surface area contributed by atoms with Crippen LogP contribution in [0, 0.1) is 5.82 Å². The average Bonchev–Trinajstić information content (AvgIpc) is 2.38. The summed E-state index contributed by atoms with van der Waals surface area (Å²) in [6, 6.07) is 3.20. The topological polar surface area (TPSA) is 69.6 Å². The van der Waals surface area contributed by atoms with Crippen LogP contribution in [0.2, 0.25) is 0 Å². The third kappa shape index (κ3) is 4.97. The predicted molar refractivity (Wildman–Crippen MR) is 73.2 cm³/mol. The Morgan fingerprint density at radius 1 is 1.35 bits per heavy atom. The number of phenols is 1. The van der Waals surface area contributed by atoms with Gasteiger partial charge in [-0.05, 0) is 31.7 Å². The lowest BCUT2D eigenvalue weighted by atomic mass is 10.1. The summed E-state index contributed by atoms with van der Waals surface area (Å²) >= 11 is 0. The highest BCUT2D eigenvalue weighted by Crippen LogP contribution is 2.18. The Balaban J connectivity index is 2.57. The van der Waals surface area contributed by atoms with E-state index in [0.29, 0.717) is 6.54 Å². The van der Waals surface area contributed by atoms with Crippen LogP contribution >= 0.6 is 0 Å². The maximum Gasteiger partial charge on any atom is 0.234 e. The van der Waals surface area contributed by atoms with Crippen LogP contribution in [0.3, 0.4) is 0 Å². The van der Waals surface area contributed by atoms with Crippen molar-refractivity contribution >= 4 is 11.7 Å². The van der Waals surface area contributed by atoms with E-state index in [1.807, 2.05) is 6.92 Å². The molecule has 2 N–H and O–H groups in total. The van der Waals surface area contributed by atoms with Gasteiger partial charge in [0.1, 0.15) is 11.6 Å². The first-order chi connectivity index (χ1) is 9.43. The molecule has 0 saturated heterocycles. The number of amides is 1. The Bertz CT molecular complexity index is 491. The van der Waals surface area contributed by atoms with Gasteiger partial charge in [0, 0.05) is 6.54 Å². The van der Waals surface area contributed by atoms with E-state index < -0.39 is 11.6 Å². The van der Waals surface area contributed by atoms with E-state index in [9.17, 15) is 19.1 Å². The summed E-state index contributed by atoms with van der Waals surface area (Å²) in [6.45, 7) is 2.53. The zero-order valence-corrected chi connectivity index (χ0v) is 11.6. The molecule has 0 saturated carbocycles. The van der Waals surface area contributed by atoms with Crippen LogP contribution in [-0.2, 0) is 4.79 Å². The van der Waals surface area contributed by atoms with Crippen LogP contribution in [0.5, 0.6) is 5.75 Å². The van der Waals surface area contributed by atoms with Gasteiger partial charge >= 0.3 is 0 Å². The Kier molecular flexibility index (Phi) is 6.11. The second kappa shape index (κ2) is 7.59. The first-order valence-corrected chi connectivity index (χ1v) is 6.41. The van der Waals surface area contributed by atoms with Gasteiger partial charge in [0.05, 0.1) is 18.7 Å². The number of ketones is 1. The number of halogens is 1. The molecule has 1 amide bonds. The minimum Gasteiger partial charge on any atom is -0.507 e. The second-order valence-electron chi connectivity index (χ2n) is 4.61. The molecule has 0 unspecified atom stereocenters. The van der Waals surface area contributed by atoms with Crippen molar-refractivity contribution in [1.29, 1.82) is 0 Å². The lowest BCUT2D eigenvalue weighted by Gasteiger charge is -2.15. The van der Waals surface area contributed by atoms with E-state index in [1.165, 1.54) is 4.90 Å². The van der Waals surface area contributed by atoms with Gasteiger partial charge in [-0.2, -0.15) is 0 Å². The molecule has 0 spiro atoms. The summed E-state index contributed by atoms with van der Waals surface area (Å²) in [5.74, 6) is -1.46. The Morgan fingerprint density at radius 2 is 2.05 bits per heavy atom. The lowest BCUT2D eigenvalue weighted by Crippen LogP contribution is -2.37. The number of Topliss-reactive ketones (excluding diaryl/α,β-unsaturated/α-hetero) is 1. The molecule has 6 heteroatoms. The van der Waals surface area contributed by atoms with Crippen LogP contribution in [0.25, 0.3) is 0 Å². The summed E-state index contributed by atoms with van der Waals surface area (Å²) < 4.78 is 13.1. The van der Waals surface area contributed by atoms with Crippen LogP contribution in [0.4, 0.5) is 4.39 Å². The number of phenolic OH excluding ortho intramolecular Hbond substituents is 1. The van der Waals surface area contributed by atoms with Crippen molar-refractivity contribution < 1.29 is 19.1 Å². The quantitative estimate of drug-likeness (QED) is 0.737. The molecule has 110 valence electrons. The van der Waals surface area contributed by atoms with Crippen molar-refractivity contribution in [2.75, 3.05) is 26.7 Å². The first-order valence-electron chi connectivity index (χ1n) is 6.41. The zero-order valence-electron chi connectivity index (χ0n) is 11.6. The predicted octanol–water partition coefficient (Wildman–Crippen LogP) is 1.17. The summed E-state index contributed by atoms with van der Waals surface area (Å²) in [7, 11) is 1.61. The molecule has 1 aromatic rings. The van der Waals surface area contributed by atoms with Gasteiger partial charge in [-0.15, -0.1) is 0 Å². The highest BCUT2D eigenvalue weighted by molar-refractivity contribution is 6.00. The number of hydrogen-bond acceptors (Lipinski definition) is 4. The van der Waals surface area contributed by atoms with Crippen molar-refractivity contribution in [3.05, 3.63) is 29.6 Å². The molecule has 0 atom stereocenters. The monoisotopic (exact) mass is 282 g/mol. The van der Waals surface area contributed by atoms with Crippen molar-refractivity contribution in [2.24, 2.45) is 0 Å². The third-order valence-electron chi connectivity index (χ3n) is 2.66. The zero-order chi connectivity index (χ0) is 15.1. The molecule has 1 aromatic carbocycles. The maximum atomic E-state index is 13.1. The fourth-order valence-corrected chi connectivity index (χ4v) is 1.68. The smallest absolute Gasteiger partial charge is 0.234 e. The van der Waals surface area contributed by atoms with E-state index in [2.05, 4.69) is 5.32 Å². The number of nitrogens with one attached hydrogen (secondary N) is 1. The molecule has 0 aromatic heterocycles. The highest BCUT2D eigenvalue weighted by atomic mass is 19.1. The van der Waals surface area contributed by atoms with Crippen LogP contribution in [-0.4, -0.2) is 48.4 Å². The van der Waals surface area contributed by atoms with Crippen LogP contribution < -0.4 is 5.32 Å². The van der Waals surface area contributed by atoms with Gasteiger partial charge < -0.3 is 10.4 Å². The van der Waals surface area contributed by atoms with Gasteiger partial charge in [0.25, 0.3) is 0 Å². The molecular weight excluding hydrogens is 263 g/mol. The summed E-state index contributed by atoms with van der Waals surface area (Å²) in [6.07, 6.45) is 0.839. The van der Waals surface area contributed by atoms with Crippen LogP contribution in [0.15, 0.2) is 18.2 Å². The van der Waals surface area contributed by atoms with Crippen molar-refractivity contribution in [3.8, 4) is 5.75 Å². The fraction of sp³-hybridized carbons (Fsp3) is 0.429. The number of likely N-dealkylation sites (N-methyl/N-ethyl adjacent to an activating group) is 1. The van der Waals surface area contributed by atoms with E-state index in [-0.39, 0.29) is 30.3 Å². The Hall–Kier alpha value is -1.95. The van der Waals surface area contributed by atoms with Gasteiger partial charge in [0.2, 0.25) is 5.91 Å². The summed E-state index contributed by atoms with van der Waals surface area (Å²) in [4.78, 5) is 24.9. The lowest BCUT2D eigenvalue weighted by molar-refractivity contribution is -0.121. The van der Waals surface area contributed by atoms with Crippen LogP contribution in [0.1, 0.15) is 23.7 Å². The maximum absolute atomic E-state index is 13.1. The number of carbonyl (C=O) groups is 2. The Morgan fingerprint density at radius 3 is 2.70 bits per heavy atom. The van der Waals surface area contributed by atoms with E-state index in [4.69, 9.17) is 0 Å². The fourth-order valence-electron chi connectivity index (χ4n) is 1.68. The van der Waals surface area contributed by atoms with Crippen molar-refractivity contribution in [3.63, 3.8) is 0 Å². The van der Waals surface area contributed by atoms with Crippen molar-refractivity contribution in [1.82, 2.24) is 10.2 Å². The number of aromatic hydroxyl groups is 1. The molecule has 0 aliphatic rings. The highest BCUT2D eigenvalue weighted by Gasteiger charge is 2.15. The van der Waals surface area contributed by atoms with E-state index in [0.717, 1.165) is 24.6 Å². The van der Waals surface area contributed by atoms with E-state index >= 15 is 0 Å². The molecule has 0 bridgehead atoms. The minimum atomic E-state index is -0.588. The number of benzene rings is 1. The van der Waals surface area contributed by atoms with Gasteiger partial charge in [0.15, 0.2) is 5.78 Å². The number of nitrogens with zero attached hydrogens (tertiary/aromatic N) is 1.